The van der Waals surface area contributed by atoms with E-state index in [-0.39, 0.29) is 11.7 Å². The van der Waals surface area contributed by atoms with Crippen LogP contribution >= 0.6 is 22.7 Å². The molecule has 0 saturated carbocycles. The number of rotatable bonds is 4. The van der Waals surface area contributed by atoms with Crippen molar-refractivity contribution in [1.82, 2.24) is 4.98 Å². The van der Waals surface area contributed by atoms with Crippen LogP contribution < -0.4 is 0 Å². The van der Waals surface area contributed by atoms with Gasteiger partial charge < -0.3 is 4.42 Å². The van der Waals surface area contributed by atoms with Crippen LogP contribution in [0.1, 0.15) is 54.4 Å². The van der Waals surface area contributed by atoms with Crippen molar-refractivity contribution in [1.29, 1.82) is 0 Å². The normalized spacial score (nSPS) is 16.4. The van der Waals surface area contributed by atoms with Gasteiger partial charge in [0, 0.05) is 37.4 Å². The molecule has 3 aromatic heterocycles. The summed E-state index contributed by atoms with van der Waals surface area (Å²) in [6.45, 7) is 10.5. The van der Waals surface area contributed by atoms with Gasteiger partial charge in [0.25, 0.3) is 0 Å². The highest BCUT2D eigenvalue weighted by Gasteiger charge is 2.39. The van der Waals surface area contributed by atoms with Gasteiger partial charge in [-0.1, -0.05) is 18.2 Å². The number of allylic oxidation sites excluding steroid dienone is 2. The second kappa shape index (κ2) is 7.98. The first-order chi connectivity index (χ1) is 15.3. The topological polar surface area (TPSA) is 43.1 Å². The number of aromatic nitrogens is 1. The maximum Gasteiger partial charge on any atom is 0.226 e. The Kier molecular flexibility index (Phi) is 5.26. The molecule has 32 heavy (non-hydrogen) atoms. The lowest BCUT2D eigenvalue weighted by molar-refractivity contribution is -0.113. The third-order valence-electron chi connectivity index (χ3n) is 6.13. The molecule has 1 aliphatic carbocycles. The highest BCUT2D eigenvalue weighted by molar-refractivity contribution is 7.12. The zero-order valence-electron chi connectivity index (χ0n) is 18.9. The van der Waals surface area contributed by atoms with E-state index in [9.17, 15) is 4.79 Å². The number of hydrogen-bond donors (Lipinski definition) is 0. The van der Waals surface area contributed by atoms with Crippen LogP contribution in [-0.4, -0.2) is 10.8 Å². The summed E-state index contributed by atoms with van der Waals surface area (Å²) >= 11 is 3.58. The van der Waals surface area contributed by atoms with Gasteiger partial charge in [0.1, 0.15) is 11.5 Å². The quantitative estimate of drug-likeness (QED) is 0.314. The molecule has 3 nitrogen and oxygen atoms in total. The summed E-state index contributed by atoms with van der Waals surface area (Å²) < 4.78 is 6.06. The van der Waals surface area contributed by atoms with Crippen LogP contribution in [0.2, 0.25) is 0 Å². The molecule has 0 amide bonds. The lowest BCUT2D eigenvalue weighted by Crippen LogP contribution is -1.99. The number of hydrogen-bond acceptors (Lipinski definition) is 5. The van der Waals surface area contributed by atoms with Crippen LogP contribution in [0.4, 0.5) is 0 Å². The molecular weight excluding hydrogens is 434 g/mol. The number of Topliss-reactive ketones (excluding diaryl/α,β-unsaturated/α-hetero) is 1. The zero-order chi connectivity index (χ0) is 22.6. The Balaban J connectivity index is 1.75. The van der Waals surface area contributed by atoms with E-state index in [0.29, 0.717) is 23.8 Å². The predicted octanol–water partition coefficient (Wildman–Crippen LogP) is 7.67. The molecule has 1 atom stereocenters. The Morgan fingerprint density at radius 3 is 2.25 bits per heavy atom. The fraction of sp³-hybridized carbons (Fsp3) is 0.259. The Labute approximate surface area is 196 Å². The van der Waals surface area contributed by atoms with Crippen LogP contribution in [0.3, 0.4) is 0 Å². The number of thiophene rings is 2. The Bertz CT molecular complexity index is 1370. The molecule has 5 heteroatoms. The summed E-state index contributed by atoms with van der Waals surface area (Å²) in [5, 5.41) is 0. The van der Waals surface area contributed by atoms with Crippen molar-refractivity contribution in [2.75, 3.05) is 0 Å². The van der Waals surface area contributed by atoms with Gasteiger partial charge in [-0.05, 0) is 75.6 Å². The van der Waals surface area contributed by atoms with E-state index >= 15 is 0 Å². The molecule has 162 valence electrons. The first-order valence-electron chi connectivity index (χ1n) is 10.8. The van der Waals surface area contributed by atoms with E-state index < -0.39 is 0 Å². The molecule has 0 saturated heterocycles. The van der Waals surface area contributed by atoms with Crippen LogP contribution in [0.25, 0.3) is 22.6 Å². The average Bonchev–Trinajstić information content (AvgIpc) is 3.47. The first-order valence-corrected chi connectivity index (χ1v) is 12.4. The minimum Gasteiger partial charge on any atom is -0.441 e. The number of ketones is 1. The second-order valence-electron chi connectivity index (χ2n) is 8.45. The average molecular weight is 460 g/mol. The smallest absolute Gasteiger partial charge is 0.226 e. The zero-order valence-corrected chi connectivity index (χ0v) is 20.5. The number of carbonyl (C=O) groups excluding carboxylic acids is 1. The van der Waals surface area contributed by atoms with Crippen molar-refractivity contribution in [3.8, 4) is 11.5 Å². The molecule has 0 fully saturated rings. The third-order valence-corrected chi connectivity index (χ3v) is 8.07. The molecule has 1 aromatic carbocycles. The first kappa shape index (κ1) is 21.1. The fourth-order valence-corrected chi connectivity index (χ4v) is 6.72. The van der Waals surface area contributed by atoms with Gasteiger partial charge in [-0.25, -0.2) is 4.98 Å². The summed E-state index contributed by atoms with van der Waals surface area (Å²) in [6, 6.07) is 14.3. The second-order valence-corrected chi connectivity index (χ2v) is 11.4. The van der Waals surface area contributed by atoms with Crippen molar-refractivity contribution in [3.05, 3.63) is 84.6 Å². The van der Waals surface area contributed by atoms with E-state index in [0.717, 1.165) is 16.7 Å². The fourth-order valence-electron chi connectivity index (χ4n) is 4.79. The van der Waals surface area contributed by atoms with Gasteiger partial charge >= 0.3 is 0 Å². The van der Waals surface area contributed by atoms with Crippen LogP contribution in [0, 0.1) is 34.6 Å². The van der Waals surface area contributed by atoms with Gasteiger partial charge in [-0.3, -0.25) is 4.79 Å². The summed E-state index contributed by atoms with van der Waals surface area (Å²) in [5.41, 5.74) is 5.86. The number of oxazole rings is 1. The molecule has 3 heterocycles. The molecule has 0 spiro atoms. The number of benzene rings is 1. The van der Waals surface area contributed by atoms with E-state index in [2.05, 4.69) is 39.8 Å². The molecular formula is C27H25NO2S2. The maximum absolute atomic E-state index is 13.5. The summed E-state index contributed by atoms with van der Waals surface area (Å²) in [6.07, 6.45) is 0.475. The van der Waals surface area contributed by atoms with Crippen LogP contribution in [0.15, 0.2) is 46.9 Å². The minimum atomic E-state index is 0.0476. The third kappa shape index (κ3) is 3.50. The van der Waals surface area contributed by atoms with Crippen molar-refractivity contribution < 1.29 is 9.21 Å². The van der Waals surface area contributed by atoms with Crippen LogP contribution in [0.5, 0.6) is 0 Å². The Hall–Kier alpha value is -2.76. The maximum atomic E-state index is 13.5. The van der Waals surface area contributed by atoms with E-state index in [1.807, 2.05) is 37.3 Å². The van der Waals surface area contributed by atoms with Crippen molar-refractivity contribution in [2.24, 2.45) is 0 Å². The molecule has 0 radical (unpaired) electrons. The Morgan fingerprint density at radius 2 is 1.62 bits per heavy atom. The highest BCUT2D eigenvalue weighted by Crippen LogP contribution is 2.51. The van der Waals surface area contributed by atoms with Gasteiger partial charge in [-0.15, -0.1) is 22.7 Å². The molecule has 1 aliphatic rings. The monoisotopic (exact) mass is 459 g/mol. The standard InChI is InChI=1S/C27H25NO2S2/c1-14-11-20(17(4)31-14)22-13-23(29)25(24(22)21-12-15(2)32-18(21)5)26-16(3)30-27(28-26)19-9-7-6-8-10-19/h6-12,22H,13H2,1-5H3. The summed E-state index contributed by atoms with van der Waals surface area (Å²) in [7, 11) is 0. The van der Waals surface area contributed by atoms with E-state index in [1.165, 1.54) is 30.6 Å². The minimum absolute atomic E-state index is 0.0476. The molecule has 5 rings (SSSR count). The summed E-state index contributed by atoms with van der Waals surface area (Å²) in [5.74, 6) is 1.44. The van der Waals surface area contributed by atoms with Crippen molar-refractivity contribution in [2.45, 2.75) is 47.0 Å². The van der Waals surface area contributed by atoms with Crippen LogP contribution in [-0.2, 0) is 4.79 Å². The van der Waals surface area contributed by atoms with E-state index in [1.54, 1.807) is 22.7 Å². The molecule has 4 aromatic rings. The SMILES string of the molecule is Cc1cc(C2=C(c3nc(-c4ccccc4)oc3C)C(=O)CC2c2cc(C)sc2C)c(C)s1. The number of nitrogens with zero attached hydrogens (tertiary/aromatic N) is 1. The lowest BCUT2D eigenvalue weighted by atomic mass is 9.87. The largest absolute Gasteiger partial charge is 0.441 e. The van der Waals surface area contributed by atoms with Crippen molar-refractivity contribution >= 4 is 39.6 Å². The molecule has 1 unspecified atom stereocenters. The van der Waals surface area contributed by atoms with Gasteiger partial charge in [-0.2, -0.15) is 0 Å². The van der Waals surface area contributed by atoms with Gasteiger partial charge in [0.15, 0.2) is 5.78 Å². The number of carbonyl (C=O) groups is 1. The van der Waals surface area contributed by atoms with E-state index in [4.69, 9.17) is 9.40 Å². The Morgan fingerprint density at radius 1 is 0.938 bits per heavy atom. The van der Waals surface area contributed by atoms with Gasteiger partial charge in [0.05, 0.1) is 5.57 Å². The van der Waals surface area contributed by atoms with Gasteiger partial charge in [0.2, 0.25) is 5.89 Å². The highest BCUT2D eigenvalue weighted by atomic mass is 32.1. The predicted molar refractivity (Wildman–Crippen MR) is 133 cm³/mol. The molecule has 0 bridgehead atoms. The van der Waals surface area contributed by atoms with Crippen molar-refractivity contribution in [3.63, 3.8) is 0 Å². The summed E-state index contributed by atoms with van der Waals surface area (Å²) in [4.78, 5) is 23.4. The molecule has 0 N–H and O–H groups in total. The number of aryl methyl sites for hydroxylation is 5. The lowest BCUT2D eigenvalue weighted by Gasteiger charge is -2.15. The molecule has 0 aliphatic heterocycles.